The zero-order valence-corrected chi connectivity index (χ0v) is 7.46. The van der Waals surface area contributed by atoms with E-state index in [0.717, 1.165) is 24.5 Å². The van der Waals surface area contributed by atoms with Gasteiger partial charge in [-0.05, 0) is 6.92 Å². The van der Waals surface area contributed by atoms with Crippen LogP contribution in [0.4, 0.5) is 5.69 Å². The molecule has 4 heteroatoms. The van der Waals surface area contributed by atoms with Crippen molar-refractivity contribution in [2.24, 2.45) is 7.05 Å². The smallest absolute Gasteiger partial charge is 0.0825 e. The normalized spacial score (nSPS) is 17.5. The van der Waals surface area contributed by atoms with Crippen molar-refractivity contribution < 1.29 is 0 Å². The Bertz CT molecular complexity index is 275. The van der Waals surface area contributed by atoms with Crippen LogP contribution in [0.5, 0.6) is 0 Å². The maximum atomic E-state index is 4.26. The molecule has 2 N–H and O–H groups in total. The van der Waals surface area contributed by atoms with Crippen LogP contribution in [0.15, 0.2) is 6.20 Å². The van der Waals surface area contributed by atoms with E-state index in [1.807, 2.05) is 24.9 Å². The Balaban J connectivity index is 2.05. The minimum atomic E-state index is 0.591. The highest BCUT2D eigenvalue weighted by Gasteiger charge is 2.17. The van der Waals surface area contributed by atoms with Gasteiger partial charge in [0.1, 0.15) is 0 Å². The number of nitrogens with zero attached hydrogens (tertiary/aromatic N) is 2. The van der Waals surface area contributed by atoms with Crippen molar-refractivity contribution in [1.29, 1.82) is 0 Å². The van der Waals surface area contributed by atoms with Gasteiger partial charge in [-0.15, -0.1) is 0 Å². The van der Waals surface area contributed by atoms with Gasteiger partial charge in [-0.2, -0.15) is 5.10 Å². The van der Waals surface area contributed by atoms with Gasteiger partial charge in [0, 0.05) is 26.3 Å². The molecule has 0 aliphatic carbocycles. The predicted octanol–water partition coefficient (Wildman–Crippen LogP) is 0.112. The lowest BCUT2D eigenvalue weighted by Gasteiger charge is -2.28. The van der Waals surface area contributed by atoms with Crippen LogP contribution in [0.1, 0.15) is 5.69 Å². The summed E-state index contributed by atoms with van der Waals surface area (Å²) in [7, 11) is 1.94. The third-order valence-electron chi connectivity index (χ3n) is 2.15. The van der Waals surface area contributed by atoms with Crippen LogP contribution in [0, 0.1) is 6.92 Å². The molecule has 4 nitrogen and oxygen atoms in total. The van der Waals surface area contributed by atoms with Crippen molar-refractivity contribution in [1.82, 2.24) is 15.1 Å². The average molecular weight is 166 g/mol. The van der Waals surface area contributed by atoms with Gasteiger partial charge in [-0.1, -0.05) is 0 Å². The Morgan fingerprint density at radius 3 is 2.83 bits per heavy atom. The zero-order valence-electron chi connectivity index (χ0n) is 7.46. The van der Waals surface area contributed by atoms with Crippen molar-refractivity contribution >= 4 is 5.69 Å². The fraction of sp³-hybridized carbons (Fsp3) is 0.625. The molecule has 0 aromatic carbocycles. The highest BCUT2D eigenvalue weighted by Crippen LogP contribution is 2.13. The summed E-state index contributed by atoms with van der Waals surface area (Å²) in [5.41, 5.74) is 2.23. The first-order chi connectivity index (χ1) is 5.75. The summed E-state index contributed by atoms with van der Waals surface area (Å²) >= 11 is 0. The van der Waals surface area contributed by atoms with Gasteiger partial charge >= 0.3 is 0 Å². The van der Waals surface area contributed by atoms with Crippen molar-refractivity contribution in [3.8, 4) is 0 Å². The van der Waals surface area contributed by atoms with Crippen LogP contribution in [-0.2, 0) is 7.05 Å². The van der Waals surface area contributed by atoms with E-state index in [2.05, 4.69) is 15.7 Å². The number of rotatable bonds is 2. The van der Waals surface area contributed by atoms with Crippen molar-refractivity contribution in [2.45, 2.75) is 13.0 Å². The summed E-state index contributed by atoms with van der Waals surface area (Å²) in [5, 5.41) is 10.9. The third-order valence-corrected chi connectivity index (χ3v) is 2.15. The monoisotopic (exact) mass is 166 g/mol. The second-order valence-corrected chi connectivity index (χ2v) is 3.30. The Morgan fingerprint density at radius 2 is 2.42 bits per heavy atom. The van der Waals surface area contributed by atoms with E-state index in [0.29, 0.717) is 6.04 Å². The van der Waals surface area contributed by atoms with E-state index in [-0.39, 0.29) is 0 Å². The molecular weight excluding hydrogens is 152 g/mol. The molecule has 12 heavy (non-hydrogen) atoms. The topological polar surface area (TPSA) is 41.9 Å². The van der Waals surface area contributed by atoms with Crippen LogP contribution in [0.2, 0.25) is 0 Å². The van der Waals surface area contributed by atoms with E-state index in [4.69, 9.17) is 0 Å². The Kier molecular flexibility index (Phi) is 1.77. The molecule has 0 spiro atoms. The van der Waals surface area contributed by atoms with Crippen molar-refractivity contribution in [3.63, 3.8) is 0 Å². The van der Waals surface area contributed by atoms with Gasteiger partial charge in [0.15, 0.2) is 0 Å². The molecule has 66 valence electrons. The number of nitrogens with one attached hydrogen (secondary N) is 2. The zero-order chi connectivity index (χ0) is 8.55. The Morgan fingerprint density at radius 1 is 1.67 bits per heavy atom. The number of hydrogen-bond donors (Lipinski definition) is 2. The molecule has 0 atom stereocenters. The molecule has 1 aliphatic heterocycles. The summed E-state index contributed by atoms with van der Waals surface area (Å²) < 4.78 is 1.84. The number of anilines is 1. The van der Waals surface area contributed by atoms with Gasteiger partial charge in [0.05, 0.1) is 17.4 Å². The van der Waals surface area contributed by atoms with Gasteiger partial charge in [0.2, 0.25) is 0 Å². The Labute approximate surface area is 72.0 Å². The fourth-order valence-electron chi connectivity index (χ4n) is 1.35. The van der Waals surface area contributed by atoms with E-state index in [9.17, 15) is 0 Å². The highest BCUT2D eigenvalue weighted by atomic mass is 15.3. The average Bonchev–Trinajstić information content (AvgIpc) is 2.21. The fourth-order valence-corrected chi connectivity index (χ4v) is 1.35. The van der Waals surface area contributed by atoms with E-state index >= 15 is 0 Å². The standard InChI is InChI=1S/C8H14N4/c1-6-8(5-12(2)11-6)10-7-3-9-4-7/h5,7,9-10H,3-4H2,1-2H3. The summed E-state index contributed by atoms with van der Waals surface area (Å²) in [5.74, 6) is 0. The molecule has 1 aliphatic rings. The van der Waals surface area contributed by atoms with Crippen molar-refractivity contribution in [2.75, 3.05) is 18.4 Å². The predicted molar refractivity (Wildman–Crippen MR) is 48.2 cm³/mol. The summed E-state index contributed by atoms with van der Waals surface area (Å²) in [4.78, 5) is 0. The Hall–Kier alpha value is -1.03. The van der Waals surface area contributed by atoms with E-state index in [1.54, 1.807) is 0 Å². The SMILES string of the molecule is Cc1nn(C)cc1NC1CNC1. The largest absolute Gasteiger partial charge is 0.377 e. The second kappa shape index (κ2) is 2.79. The van der Waals surface area contributed by atoms with Crippen LogP contribution in [-0.4, -0.2) is 28.9 Å². The van der Waals surface area contributed by atoms with Crippen LogP contribution in [0.25, 0.3) is 0 Å². The summed E-state index contributed by atoms with van der Waals surface area (Å²) in [6, 6.07) is 0.591. The maximum absolute atomic E-state index is 4.26. The second-order valence-electron chi connectivity index (χ2n) is 3.30. The molecule has 1 aromatic rings. The molecule has 0 saturated carbocycles. The molecule has 0 unspecified atom stereocenters. The molecule has 0 bridgehead atoms. The number of aromatic nitrogens is 2. The van der Waals surface area contributed by atoms with Gasteiger partial charge in [0.25, 0.3) is 0 Å². The van der Waals surface area contributed by atoms with E-state index in [1.165, 1.54) is 0 Å². The number of aryl methyl sites for hydroxylation is 2. The van der Waals surface area contributed by atoms with Crippen LogP contribution in [0.3, 0.4) is 0 Å². The van der Waals surface area contributed by atoms with Gasteiger partial charge < -0.3 is 10.6 Å². The lowest BCUT2D eigenvalue weighted by Crippen LogP contribution is -2.51. The first-order valence-electron chi connectivity index (χ1n) is 4.23. The minimum absolute atomic E-state index is 0.591. The lowest BCUT2D eigenvalue weighted by molar-refractivity contribution is 0.472. The first kappa shape index (κ1) is 7.61. The number of hydrogen-bond acceptors (Lipinski definition) is 3. The minimum Gasteiger partial charge on any atom is -0.377 e. The van der Waals surface area contributed by atoms with Crippen LogP contribution < -0.4 is 10.6 Å². The van der Waals surface area contributed by atoms with Gasteiger partial charge in [-0.3, -0.25) is 4.68 Å². The lowest BCUT2D eigenvalue weighted by atomic mass is 10.2. The molecule has 0 radical (unpaired) electrons. The molecule has 2 rings (SSSR count). The molecule has 1 aromatic heterocycles. The first-order valence-corrected chi connectivity index (χ1v) is 4.23. The summed E-state index contributed by atoms with van der Waals surface area (Å²) in [6.45, 7) is 4.15. The summed E-state index contributed by atoms with van der Waals surface area (Å²) in [6.07, 6.45) is 2.02. The molecule has 2 heterocycles. The van der Waals surface area contributed by atoms with E-state index < -0.39 is 0 Å². The molecule has 1 fully saturated rings. The molecule has 1 saturated heterocycles. The van der Waals surface area contributed by atoms with Crippen molar-refractivity contribution in [3.05, 3.63) is 11.9 Å². The molecule has 0 amide bonds. The quantitative estimate of drug-likeness (QED) is 0.655. The maximum Gasteiger partial charge on any atom is 0.0825 e. The highest BCUT2D eigenvalue weighted by molar-refractivity contribution is 5.46. The van der Waals surface area contributed by atoms with Gasteiger partial charge in [-0.25, -0.2) is 0 Å². The van der Waals surface area contributed by atoms with Crippen LogP contribution >= 0.6 is 0 Å². The third kappa shape index (κ3) is 1.30. The molecular formula is C8H14N4.